The van der Waals surface area contributed by atoms with Crippen LogP contribution in [0.3, 0.4) is 0 Å². The first-order chi connectivity index (χ1) is 4.18. The summed E-state index contributed by atoms with van der Waals surface area (Å²) in [6.07, 6.45) is 0. The lowest BCUT2D eigenvalue weighted by atomic mass is 10.6. The molecule has 0 fully saturated rings. The summed E-state index contributed by atoms with van der Waals surface area (Å²) in [6.45, 7) is 4.15. The van der Waals surface area contributed by atoms with Crippen molar-refractivity contribution in [2.75, 3.05) is 6.54 Å². The van der Waals surface area contributed by atoms with Gasteiger partial charge < -0.3 is 5.73 Å². The Morgan fingerprint density at radius 3 is 2.67 bits per heavy atom. The summed E-state index contributed by atoms with van der Waals surface area (Å²) in [4.78, 5) is 0. The van der Waals surface area contributed by atoms with Crippen molar-refractivity contribution >= 4 is 11.9 Å². The molecule has 0 rings (SSSR count). The molecule has 0 spiro atoms. The van der Waals surface area contributed by atoms with Gasteiger partial charge in [0.15, 0.2) is 5.16 Å². The van der Waals surface area contributed by atoms with Gasteiger partial charge in [0, 0.05) is 12.2 Å². The molecule has 3 N–H and O–H groups in total. The molecule has 0 radical (unpaired) electrons. The Morgan fingerprint density at radius 2 is 2.33 bits per heavy atom. The summed E-state index contributed by atoms with van der Waals surface area (Å²) in [5.41, 5.74) is 5.34. The minimum Gasteiger partial charge on any atom is -0.399 e. The van der Waals surface area contributed by atoms with Gasteiger partial charge in [-0.3, -0.25) is 4.72 Å². The van der Waals surface area contributed by atoms with Crippen LogP contribution in [0.5, 0.6) is 0 Å². The standard InChI is InChI=1S/C5H11FN2S/c1-3-8-9-5(6)4(2)7/h8H,3,7H2,1-2H3/b5-4-. The first-order valence-corrected chi connectivity index (χ1v) is 3.51. The van der Waals surface area contributed by atoms with Gasteiger partial charge in [0.05, 0.1) is 0 Å². The molecule has 0 aromatic heterocycles. The number of nitrogens with one attached hydrogen (secondary N) is 1. The van der Waals surface area contributed by atoms with E-state index in [2.05, 4.69) is 4.72 Å². The van der Waals surface area contributed by atoms with Crippen LogP contribution in [0.2, 0.25) is 0 Å². The Bertz CT molecular complexity index is 110. The van der Waals surface area contributed by atoms with Gasteiger partial charge in [-0.2, -0.15) is 4.39 Å². The third kappa shape index (κ3) is 4.29. The van der Waals surface area contributed by atoms with Crippen LogP contribution in [0, 0.1) is 0 Å². The average molecular weight is 150 g/mol. The lowest BCUT2D eigenvalue weighted by Gasteiger charge is -1.97. The molecular weight excluding hydrogens is 139 g/mol. The molecule has 0 aromatic carbocycles. The van der Waals surface area contributed by atoms with Crippen molar-refractivity contribution in [3.05, 3.63) is 10.9 Å². The van der Waals surface area contributed by atoms with E-state index < -0.39 is 0 Å². The summed E-state index contributed by atoms with van der Waals surface area (Å²) < 4.78 is 15.1. The number of rotatable bonds is 3. The second-order valence-corrected chi connectivity index (χ2v) is 2.41. The zero-order valence-corrected chi connectivity index (χ0v) is 6.39. The summed E-state index contributed by atoms with van der Waals surface area (Å²) in [6, 6.07) is 0. The molecule has 0 atom stereocenters. The fourth-order valence-electron chi connectivity index (χ4n) is 0.216. The molecule has 0 bridgehead atoms. The Labute approximate surface area is 58.8 Å². The fraction of sp³-hybridized carbons (Fsp3) is 0.600. The highest BCUT2D eigenvalue weighted by Gasteiger charge is 1.95. The van der Waals surface area contributed by atoms with Crippen molar-refractivity contribution < 1.29 is 4.39 Å². The third-order valence-corrected chi connectivity index (χ3v) is 1.55. The van der Waals surface area contributed by atoms with Gasteiger partial charge in [0.1, 0.15) is 0 Å². The Morgan fingerprint density at radius 1 is 1.78 bits per heavy atom. The van der Waals surface area contributed by atoms with E-state index in [4.69, 9.17) is 5.73 Å². The minimum atomic E-state index is -0.350. The quantitative estimate of drug-likeness (QED) is 0.596. The molecule has 0 aliphatic rings. The van der Waals surface area contributed by atoms with Crippen LogP contribution < -0.4 is 10.5 Å². The smallest absolute Gasteiger partial charge is 0.189 e. The maximum atomic E-state index is 12.4. The van der Waals surface area contributed by atoms with Crippen LogP contribution in [0.25, 0.3) is 0 Å². The predicted molar refractivity (Wildman–Crippen MR) is 39.3 cm³/mol. The van der Waals surface area contributed by atoms with Gasteiger partial charge in [0.2, 0.25) is 0 Å². The van der Waals surface area contributed by atoms with Gasteiger partial charge >= 0.3 is 0 Å². The SMILES string of the molecule is CCNS/C(F)=C(/C)N. The third-order valence-electron chi connectivity index (χ3n) is 0.616. The number of allylic oxidation sites excluding steroid dienone is 1. The molecule has 9 heavy (non-hydrogen) atoms. The molecule has 54 valence electrons. The molecule has 0 amide bonds. The Kier molecular flexibility index (Phi) is 4.53. The van der Waals surface area contributed by atoms with Crippen LogP contribution in [-0.4, -0.2) is 6.54 Å². The lowest BCUT2D eigenvalue weighted by Crippen LogP contribution is -2.02. The van der Waals surface area contributed by atoms with Crippen molar-refractivity contribution in [1.29, 1.82) is 0 Å². The van der Waals surface area contributed by atoms with Crippen molar-refractivity contribution in [2.45, 2.75) is 13.8 Å². The van der Waals surface area contributed by atoms with E-state index >= 15 is 0 Å². The number of hydrogen-bond donors (Lipinski definition) is 2. The van der Waals surface area contributed by atoms with Crippen molar-refractivity contribution in [1.82, 2.24) is 4.72 Å². The second kappa shape index (κ2) is 4.64. The number of nitrogens with two attached hydrogens (primary N) is 1. The zero-order chi connectivity index (χ0) is 7.28. The summed E-state index contributed by atoms with van der Waals surface area (Å²) in [5.74, 6) is 0. The van der Waals surface area contributed by atoms with E-state index in [-0.39, 0.29) is 10.9 Å². The molecule has 2 nitrogen and oxygen atoms in total. The van der Waals surface area contributed by atoms with Crippen LogP contribution in [0.4, 0.5) is 4.39 Å². The molecule has 0 aliphatic heterocycles. The topological polar surface area (TPSA) is 38.0 Å². The van der Waals surface area contributed by atoms with Crippen LogP contribution in [0.1, 0.15) is 13.8 Å². The van der Waals surface area contributed by atoms with E-state index in [1.807, 2.05) is 6.92 Å². The van der Waals surface area contributed by atoms with Crippen LogP contribution >= 0.6 is 11.9 Å². The second-order valence-electron chi connectivity index (χ2n) is 1.56. The predicted octanol–water partition coefficient (Wildman–Crippen LogP) is 1.36. The summed E-state index contributed by atoms with van der Waals surface area (Å²) in [5, 5.41) is -0.350. The minimum absolute atomic E-state index is 0.223. The molecule has 0 heterocycles. The Hall–Kier alpha value is -0.220. The molecule has 0 saturated carbocycles. The monoisotopic (exact) mass is 150 g/mol. The van der Waals surface area contributed by atoms with E-state index in [1.165, 1.54) is 6.92 Å². The molecule has 0 aliphatic carbocycles. The largest absolute Gasteiger partial charge is 0.399 e. The van der Waals surface area contributed by atoms with Gasteiger partial charge in [0.25, 0.3) is 0 Å². The van der Waals surface area contributed by atoms with Gasteiger partial charge in [-0.15, -0.1) is 0 Å². The van der Waals surface area contributed by atoms with Gasteiger partial charge in [-0.25, -0.2) is 0 Å². The molecule has 0 saturated heterocycles. The van der Waals surface area contributed by atoms with Crippen LogP contribution in [-0.2, 0) is 0 Å². The van der Waals surface area contributed by atoms with E-state index in [9.17, 15) is 4.39 Å². The van der Waals surface area contributed by atoms with E-state index in [1.54, 1.807) is 0 Å². The van der Waals surface area contributed by atoms with Gasteiger partial charge in [-0.05, 0) is 18.9 Å². The average Bonchev–Trinajstić information content (AvgIpc) is 1.82. The highest BCUT2D eigenvalue weighted by atomic mass is 32.2. The van der Waals surface area contributed by atoms with Crippen molar-refractivity contribution in [2.24, 2.45) is 5.73 Å². The van der Waals surface area contributed by atoms with Crippen molar-refractivity contribution in [3.63, 3.8) is 0 Å². The zero-order valence-electron chi connectivity index (χ0n) is 5.57. The normalized spacial score (nSPS) is 13.2. The number of halogens is 1. The Balaban J connectivity index is 3.50. The fourth-order valence-corrected chi connectivity index (χ4v) is 0.648. The molecule has 4 heteroatoms. The first kappa shape index (κ1) is 8.78. The van der Waals surface area contributed by atoms with Crippen molar-refractivity contribution in [3.8, 4) is 0 Å². The maximum Gasteiger partial charge on any atom is 0.189 e. The van der Waals surface area contributed by atoms with Gasteiger partial charge in [-0.1, -0.05) is 6.92 Å². The first-order valence-electron chi connectivity index (χ1n) is 2.70. The lowest BCUT2D eigenvalue weighted by molar-refractivity contribution is 0.683. The molecule has 0 unspecified atom stereocenters. The number of hydrogen-bond acceptors (Lipinski definition) is 3. The van der Waals surface area contributed by atoms with E-state index in [0.717, 1.165) is 18.5 Å². The van der Waals surface area contributed by atoms with E-state index in [0.29, 0.717) is 0 Å². The highest BCUT2D eigenvalue weighted by Crippen LogP contribution is 2.13. The summed E-state index contributed by atoms with van der Waals surface area (Å²) >= 11 is 0.922. The highest BCUT2D eigenvalue weighted by molar-refractivity contribution is 8.01. The summed E-state index contributed by atoms with van der Waals surface area (Å²) in [7, 11) is 0. The molecule has 0 aromatic rings. The molecular formula is C5H11FN2S. The van der Waals surface area contributed by atoms with Crippen LogP contribution in [0.15, 0.2) is 10.9 Å². The maximum absolute atomic E-state index is 12.4.